The number of fused-ring (bicyclic) bond motifs is 1. The van der Waals surface area contributed by atoms with Gasteiger partial charge in [-0.3, -0.25) is 4.79 Å². The van der Waals surface area contributed by atoms with Crippen LogP contribution in [0.25, 0.3) is 22.0 Å². The summed E-state index contributed by atoms with van der Waals surface area (Å²) in [6.45, 7) is 0. The van der Waals surface area contributed by atoms with Crippen LogP contribution < -0.4 is 4.74 Å². The summed E-state index contributed by atoms with van der Waals surface area (Å²) >= 11 is 1.41. The Balaban J connectivity index is 1.62. The fraction of sp³-hybridized carbons (Fsp3) is 0.0870. The highest BCUT2D eigenvalue weighted by Crippen LogP contribution is 2.32. The number of methoxy groups -OCH3 is 1. The molecule has 4 nitrogen and oxygen atoms in total. The number of thioether (sulfide) groups is 1. The van der Waals surface area contributed by atoms with Crippen LogP contribution in [0.2, 0.25) is 0 Å². The van der Waals surface area contributed by atoms with Crippen LogP contribution in [0.1, 0.15) is 10.4 Å². The van der Waals surface area contributed by atoms with Crippen molar-refractivity contribution in [2.24, 2.45) is 0 Å². The average Bonchev–Trinajstić information content (AvgIpc) is 2.77. The molecule has 0 aliphatic rings. The maximum absolute atomic E-state index is 12.6. The molecule has 0 atom stereocenters. The van der Waals surface area contributed by atoms with E-state index in [4.69, 9.17) is 4.74 Å². The number of hydrogen-bond donors (Lipinski definition) is 0. The fourth-order valence-electron chi connectivity index (χ4n) is 3.01. The molecule has 0 spiro atoms. The van der Waals surface area contributed by atoms with Gasteiger partial charge in [0, 0.05) is 21.9 Å². The first-order valence-electron chi connectivity index (χ1n) is 8.87. The number of Topliss-reactive ketones (excluding diaryl/α,β-unsaturated/α-hetero) is 1. The summed E-state index contributed by atoms with van der Waals surface area (Å²) in [6.07, 6.45) is 0. The van der Waals surface area contributed by atoms with Gasteiger partial charge < -0.3 is 4.74 Å². The molecule has 0 unspecified atom stereocenters. The van der Waals surface area contributed by atoms with Gasteiger partial charge in [0.05, 0.1) is 12.9 Å². The van der Waals surface area contributed by atoms with Crippen LogP contribution in [0, 0.1) is 0 Å². The third-order valence-corrected chi connectivity index (χ3v) is 5.41. The number of carbonyl (C=O) groups excluding carboxylic acids is 1. The Labute approximate surface area is 167 Å². The molecule has 1 aromatic heterocycles. The van der Waals surface area contributed by atoms with Crippen LogP contribution in [-0.2, 0) is 0 Å². The van der Waals surface area contributed by atoms with Crippen LogP contribution >= 0.6 is 11.8 Å². The van der Waals surface area contributed by atoms with Gasteiger partial charge in [-0.2, -0.15) is 0 Å². The number of aromatic nitrogens is 2. The first-order valence-corrected chi connectivity index (χ1v) is 9.86. The summed E-state index contributed by atoms with van der Waals surface area (Å²) in [6, 6.07) is 25.2. The number of ketones is 1. The van der Waals surface area contributed by atoms with E-state index < -0.39 is 0 Å². The first kappa shape index (κ1) is 18.2. The molecule has 5 heteroatoms. The highest BCUT2D eigenvalue weighted by molar-refractivity contribution is 8.00. The summed E-state index contributed by atoms with van der Waals surface area (Å²) in [7, 11) is 1.59. The third kappa shape index (κ3) is 3.75. The zero-order chi connectivity index (χ0) is 19.3. The van der Waals surface area contributed by atoms with Gasteiger partial charge in [-0.05, 0) is 12.1 Å². The van der Waals surface area contributed by atoms with Crippen molar-refractivity contribution in [1.82, 2.24) is 10.2 Å². The van der Waals surface area contributed by atoms with Gasteiger partial charge in [0.2, 0.25) is 0 Å². The Morgan fingerprint density at radius 1 is 0.893 bits per heavy atom. The Morgan fingerprint density at radius 2 is 1.64 bits per heavy atom. The summed E-state index contributed by atoms with van der Waals surface area (Å²) in [5, 5.41) is 11.7. The van der Waals surface area contributed by atoms with E-state index in [1.54, 1.807) is 19.2 Å². The molecule has 0 bridgehead atoms. The lowest BCUT2D eigenvalue weighted by molar-refractivity contribution is 0.102. The van der Waals surface area contributed by atoms with E-state index in [0.29, 0.717) is 11.3 Å². The minimum Gasteiger partial charge on any atom is -0.497 e. The molecule has 4 aromatic rings. The van der Waals surface area contributed by atoms with Crippen molar-refractivity contribution >= 4 is 28.3 Å². The van der Waals surface area contributed by atoms with Crippen LogP contribution in [-0.4, -0.2) is 28.8 Å². The van der Waals surface area contributed by atoms with Crippen molar-refractivity contribution in [3.63, 3.8) is 0 Å². The Kier molecular flexibility index (Phi) is 5.35. The molecule has 138 valence electrons. The zero-order valence-electron chi connectivity index (χ0n) is 15.3. The smallest absolute Gasteiger partial charge is 0.173 e. The van der Waals surface area contributed by atoms with Gasteiger partial charge in [-0.15, -0.1) is 10.2 Å². The Bertz CT molecular complexity index is 1130. The van der Waals surface area contributed by atoms with E-state index in [9.17, 15) is 4.79 Å². The molecular formula is C23H18N2O2S. The molecule has 1 heterocycles. The SMILES string of the molecule is COc1cccc(C(=O)CSc2nnc(-c3ccccc3)c3ccccc23)c1. The first-order chi connectivity index (χ1) is 13.8. The van der Waals surface area contributed by atoms with Gasteiger partial charge in [-0.25, -0.2) is 0 Å². The van der Waals surface area contributed by atoms with Crippen molar-refractivity contribution in [2.75, 3.05) is 12.9 Å². The van der Waals surface area contributed by atoms with Crippen molar-refractivity contribution in [3.05, 3.63) is 84.4 Å². The second-order valence-corrected chi connectivity index (χ2v) is 7.17. The van der Waals surface area contributed by atoms with Crippen LogP contribution in [0.4, 0.5) is 0 Å². The van der Waals surface area contributed by atoms with E-state index in [2.05, 4.69) is 10.2 Å². The molecule has 4 rings (SSSR count). The van der Waals surface area contributed by atoms with Crippen LogP contribution in [0.5, 0.6) is 5.75 Å². The number of ether oxygens (including phenoxy) is 1. The van der Waals surface area contributed by atoms with Crippen molar-refractivity contribution in [2.45, 2.75) is 5.03 Å². The van der Waals surface area contributed by atoms with Crippen LogP contribution in [0.3, 0.4) is 0 Å². The summed E-state index contributed by atoms with van der Waals surface area (Å²) < 4.78 is 5.20. The highest BCUT2D eigenvalue weighted by atomic mass is 32.2. The fourth-order valence-corrected chi connectivity index (χ4v) is 3.88. The van der Waals surface area contributed by atoms with E-state index in [0.717, 1.165) is 27.1 Å². The van der Waals surface area contributed by atoms with Gasteiger partial charge in [0.25, 0.3) is 0 Å². The van der Waals surface area contributed by atoms with E-state index >= 15 is 0 Å². The average molecular weight is 386 g/mol. The molecule has 0 saturated carbocycles. The second kappa shape index (κ2) is 8.23. The van der Waals surface area contributed by atoms with Crippen molar-refractivity contribution < 1.29 is 9.53 Å². The molecule has 0 saturated heterocycles. The maximum atomic E-state index is 12.6. The quantitative estimate of drug-likeness (QED) is 0.333. The number of nitrogens with zero attached hydrogens (tertiary/aromatic N) is 2. The third-order valence-electron chi connectivity index (χ3n) is 4.43. The zero-order valence-corrected chi connectivity index (χ0v) is 16.1. The van der Waals surface area contributed by atoms with Crippen molar-refractivity contribution in [1.29, 1.82) is 0 Å². The predicted octanol–water partition coefficient (Wildman–Crippen LogP) is 5.28. The molecule has 0 aliphatic carbocycles. The van der Waals surface area contributed by atoms with Gasteiger partial charge in [0.1, 0.15) is 16.5 Å². The lowest BCUT2D eigenvalue weighted by atomic mass is 10.1. The monoisotopic (exact) mass is 386 g/mol. The topological polar surface area (TPSA) is 52.1 Å². The molecule has 0 aliphatic heterocycles. The van der Waals surface area contributed by atoms with Crippen LogP contribution in [0.15, 0.2) is 83.9 Å². The minimum atomic E-state index is 0.0296. The summed E-state index contributed by atoms with van der Waals surface area (Å²) in [5.41, 5.74) is 2.50. The van der Waals surface area contributed by atoms with E-state index in [-0.39, 0.29) is 11.5 Å². The van der Waals surface area contributed by atoms with Gasteiger partial charge >= 0.3 is 0 Å². The lowest BCUT2D eigenvalue weighted by Gasteiger charge is -2.09. The lowest BCUT2D eigenvalue weighted by Crippen LogP contribution is -2.03. The molecule has 0 radical (unpaired) electrons. The summed E-state index contributed by atoms with van der Waals surface area (Å²) in [4.78, 5) is 12.6. The number of hydrogen-bond acceptors (Lipinski definition) is 5. The van der Waals surface area contributed by atoms with Gasteiger partial charge in [0.15, 0.2) is 5.78 Å². The molecule has 0 N–H and O–H groups in total. The molecule has 3 aromatic carbocycles. The van der Waals surface area contributed by atoms with Gasteiger partial charge in [-0.1, -0.05) is 78.5 Å². The molecule has 0 amide bonds. The number of carbonyl (C=O) groups is 1. The molecule has 28 heavy (non-hydrogen) atoms. The number of rotatable bonds is 6. The largest absolute Gasteiger partial charge is 0.497 e. The normalized spacial score (nSPS) is 10.8. The number of benzene rings is 3. The predicted molar refractivity (Wildman–Crippen MR) is 113 cm³/mol. The summed E-state index contributed by atoms with van der Waals surface area (Å²) in [5.74, 6) is 0.992. The Morgan fingerprint density at radius 3 is 2.43 bits per heavy atom. The second-order valence-electron chi connectivity index (χ2n) is 6.21. The Hall–Kier alpha value is -3.18. The standard InChI is InChI=1S/C23H18N2O2S/c1-27-18-11-7-10-17(14-18)21(26)15-28-23-20-13-6-5-12-19(20)22(24-25-23)16-8-3-2-4-9-16/h2-14H,15H2,1H3. The molecular weight excluding hydrogens is 368 g/mol. The minimum absolute atomic E-state index is 0.0296. The van der Waals surface area contributed by atoms with E-state index in [1.165, 1.54) is 11.8 Å². The van der Waals surface area contributed by atoms with Crippen molar-refractivity contribution in [3.8, 4) is 17.0 Å². The van der Waals surface area contributed by atoms with E-state index in [1.807, 2.05) is 66.7 Å². The maximum Gasteiger partial charge on any atom is 0.173 e. The molecule has 0 fully saturated rings. The highest BCUT2D eigenvalue weighted by Gasteiger charge is 2.13.